The number of aliphatic hydroxyl groups excluding tert-OH is 1. The topological polar surface area (TPSA) is 81.7 Å². The highest BCUT2D eigenvalue weighted by Gasteiger charge is 2.32. The quantitative estimate of drug-likeness (QED) is 0.326. The molecule has 1 aliphatic rings. The molecule has 0 radical (unpaired) electrons. The molecule has 0 aliphatic carbocycles. The lowest BCUT2D eigenvalue weighted by Gasteiger charge is -2.34. The standard InChI is InChI=1S/C32H37F2N3O3/c1-3-12-37(13-4-2)32(40)24-11-7-10-23(17-24)31(39)36-29(16-21-14-26(33)19-27(34)15-21)30(38)28-18-22-8-5-6-9-25(22)20-35-28/h5-11,14-15,17,19,28-30,35,38H,3-4,12-13,16,18,20H2,1-2H3,(H,36,39)/t28-,29+,30-/m1/s1. The summed E-state index contributed by atoms with van der Waals surface area (Å²) >= 11 is 0. The molecule has 3 atom stereocenters. The van der Waals surface area contributed by atoms with Crippen LogP contribution < -0.4 is 10.6 Å². The molecule has 0 fully saturated rings. The van der Waals surface area contributed by atoms with Crippen LogP contribution in [0.15, 0.2) is 66.7 Å². The highest BCUT2D eigenvalue weighted by atomic mass is 19.1. The van der Waals surface area contributed by atoms with Gasteiger partial charge in [-0.15, -0.1) is 0 Å². The Labute approximate surface area is 234 Å². The van der Waals surface area contributed by atoms with Crippen LogP contribution in [0, 0.1) is 11.6 Å². The Morgan fingerprint density at radius 1 is 0.950 bits per heavy atom. The van der Waals surface area contributed by atoms with Crippen molar-refractivity contribution in [3.8, 4) is 0 Å². The maximum absolute atomic E-state index is 14.0. The van der Waals surface area contributed by atoms with Gasteiger partial charge in [0.1, 0.15) is 11.6 Å². The van der Waals surface area contributed by atoms with Gasteiger partial charge in [-0.05, 0) is 72.7 Å². The lowest BCUT2D eigenvalue weighted by atomic mass is 9.88. The molecule has 0 unspecified atom stereocenters. The van der Waals surface area contributed by atoms with Crippen LogP contribution in [-0.2, 0) is 19.4 Å². The number of carbonyl (C=O) groups excluding carboxylic acids is 2. The summed E-state index contributed by atoms with van der Waals surface area (Å²) in [6.45, 7) is 5.83. The average Bonchev–Trinajstić information content (AvgIpc) is 2.95. The van der Waals surface area contributed by atoms with Crippen molar-refractivity contribution in [1.29, 1.82) is 0 Å². The van der Waals surface area contributed by atoms with Crippen LogP contribution in [0.3, 0.4) is 0 Å². The number of halogens is 2. The number of benzene rings is 3. The summed E-state index contributed by atoms with van der Waals surface area (Å²) in [7, 11) is 0. The number of aliphatic hydroxyl groups is 1. The summed E-state index contributed by atoms with van der Waals surface area (Å²) in [5.41, 5.74) is 3.23. The predicted molar refractivity (Wildman–Crippen MR) is 151 cm³/mol. The van der Waals surface area contributed by atoms with Crippen molar-refractivity contribution in [3.05, 3.63) is 106 Å². The number of hydrogen-bond acceptors (Lipinski definition) is 4. The minimum atomic E-state index is -1.06. The molecule has 3 N–H and O–H groups in total. The molecule has 212 valence electrons. The third-order valence-electron chi connectivity index (χ3n) is 7.28. The van der Waals surface area contributed by atoms with Crippen molar-refractivity contribution < 1.29 is 23.5 Å². The molecule has 0 spiro atoms. The van der Waals surface area contributed by atoms with Crippen LogP contribution in [0.1, 0.15) is 64.1 Å². The highest BCUT2D eigenvalue weighted by molar-refractivity contribution is 5.99. The number of carbonyl (C=O) groups is 2. The second-order valence-electron chi connectivity index (χ2n) is 10.4. The number of nitrogens with zero attached hydrogens (tertiary/aromatic N) is 1. The van der Waals surface area contributed by atoms with E-state index < -0.39 is 29.7 Å². The van der Waals surface area contributed by atoms with Crippen molar-refractivity contribution in [2.75, 3.05) is 13.1 Å². The lowest BCUT2D eigenvalue weighted by molar-refractivity contribution is 0.0687. The molecule has 2 amide bonds. The van der Waals surface area contributed by atoms with Gasteiger partial charge in [-0.2, -0.15) is 0 Å². The Morgan fingerprint density at radius 2 is 1.60 bits per heavy atom. The van der Waals surface area contributed by atoms with E-state index in [4.69, 9.17) is 0 Å². The van der Waals surface area contributed by atoms with Gasteiger partial charge in [-0.1, -0.05) is 44.2 Å². The van der Waals surface area contributed by atoms with Gasteiger partial charge < -0.3 is 20.6 Å². The van der Waals surface area contributed by atoms with Crippen LogP contribution in [-0.4, -0.2) is 53.1 Å². The molecule has 40 heavy (non-hydrogen) atoms. The fourth-order valence-electron chi connectivity index (χ4n) is 5.32. The molecule has 8 heteroatoms. The number of rotatable bonds is 11. The zero-order valence-electron chi connectivity index (χ0n) is 23.0. The molecule has 0 bridgehead atoms. The van der Waals surface area contributed by atoms with Crippen molar-refractivity contribution in [2.45, 2.75) is 64.3 Å². The predicted octanol–water partition coefficient (Wildman–Crippen LogP) is 4.64. The van der Waals surface area contributed by atoms with Crippen molar-refractivity contribution >= 4 is 11.8 Å². The van der Waals surface area contributed by atoms with Gasteiger partial charge in [0.2, 0.25) is 0 Å². The van der Waals surface area contributed by atoms with E-state index in [1.54, 1.807) is 29.2 Å². The molecule has 0 saturated carbocycles. The monoisotopic (exact) mass is 549 g/mol. The van der Waals surface area contributed by atoms with Gasteiger partial charge in [0.25, 0.3) is 11.8 Å². The Hall–Kier alpha value is -3.62. The summed E-state index contributed by atoms with van der Waals surface area (Å²) in [6, 6.07) is 16.4. The van der Waals surface area contributed by atoms with Crippen LogP contribution in [0.2, 0.25) is 0 Å². The van der Waals surface area contributed by atoms with Gasteiger partial charge in [-0.25, -0.2) is 8.78 Å². The van der Waals surface area contributed by atoms with Gasteiger partial charge >= 0.3 is 0 Å². The zero-order valence-corrected chi connectivity index (χ0v) is 23.0. The minimum absolute atomic E-state index is 0.0147. The second kappa shape index (κ2) is 13.6. The molecular weight excluding hydrogens is 512 g/mol. The molecule has 6 nitrogen and oxygen atoms in total. The largest absolute Gasteiger partial charge is 0.389 e. The Bertz CT molecular complexity index is 1310. The fourth-order valence-corrected chi connectivity index (χ4v) is 5.32. The molecule has 0 saturated heterocycles. The summed E-state index contributed by atoms with van der Waals surface area (Å²) in [5.74, 6) is -2.08. The second-order valence-corrected chi connectivity index (χ2v) is 10.4. The first kappa shape index (κ1) is 29.4. The van der Waals surface area contributed by atoms with E-state index in [9.17, 15) is 23.5 Å². The van der Waals surface area contributed by atoms with Crippen LogP contribution in [0.5, 0.6) is 0 Å². The normalized spacial score (nSPS) is 16.1. The van der Waals surface area contributed by atoms with Crippen molar-refractivity contribution in [3.63, 3.8) is 0 Å². The number of amides is 2. The maximum atomic E-state index is 14.0. The van der Waals surface area contributed by atoms with E-state index in [0.29, 0.717) is 37.2 Å². The molecule has 1 heterocycles. The minimum Gasteiger partial charge on any atom is -0.389 e. The summed E-state index contributed by atoms with van der Waals surface area (Å²) in [6.07, 6.45) is 1.15. The molecule has 0 aromatic heterocycles. The maximum Gasteiger partial charge on any atom is 0.253 e. The Balaban J connectivity index is 1.57. The third-order valence-corrected chi connectivity index (χ3v) is 7.28. The van der Waals surface area contributed by atoms with E-state index in [1.807, 2.05) is 38.1 Å². The van der Waals surface area contributed by atoms with Gasteiger partial charge in [0.05, 0.1) is 12.1 Å². The average molecular weight is 550 g/mol. The first-order valence-electron chi connectivity index (χ1n) is 13.9. The van der Waals surface area contributed by atoms with E-state index in [1.165, 1.54) is 12.1 Å². The number of nitrogens with one attached hydrogen (secondary N) is 2. The smallest absolute Gasteiger partial charge is 0.253 e. The Morgan fingerprint density at radius 3 is 2.27 bits per heavy atom. The summed E-state index contributed by atoms with van der Waals surface area (Å²) in [4.78, 5) is 28.3. The fraction of sp³-hybridized carbons (Fsp3) is 0.375. The van der Waals surface area contributed by atoms with E-state index in [0.717, 1.165) is 30.0 Å². The van der Waals surface area contributed by atoms with E-state index in [2.05, 4.69) is 10.6 Å². The third kappa shape index (κ3) is 7.31. The first-order chi connectivity index (χ1) is 19.3. The highest BCUT2D eigenvalue weighted by Crippen LogP contribution is 2.21. The van der Waals surface area contributed by atoms with Gasteiger partial charge in [0.15, 0.2) is 0 Å². The SMILES string of the molecule is CCCN(CCC)C(=O)c1cccc(C(=O)N[C@@H](Cc2cc(F)cc(F)c2)[C@H](O)[C@H]2Cc3ccccc3CN2)c1. The van der Waals surface area contributed by atoms with Crippen molar-refractivity contribution in [2.24, 2.45) is 0 Å². The van der Waals surface area contributed by atoms with Crippen LogP contribution in [0.25, 0.3) is 0 Å². The summed E-state index contributed by atoms with van der Waals surface area (Å²) < 4.78 is 28.0. The molecule has 3 aromatic rings. The molecule has 1 aliphatic heterocycles. The number of hydrogen-bond donors (Lipinski definition) is 3. The van der Waals surface area contributed by atoms with E-state index >= 15 is 0 Å². The Kier molecular flexibility index (Phi) is 10.0. The molecular formula is C32H37F2N3O3. The lowest BCUT2D eigenvalue weighted by Crippen LogP contribution is -2.55. The van der Waals surface area contributed by atoms with Gasteiger partial charge in [0, 0.05) is 42.9 Å². The van der Waals surface area contributed by atoms with Crippen molar-refractivity contribution in [1.82, 2.24) is 15.5 Å². The summed E-state index contributed by atoms with van der Waals surface area (Å²) in [5, 5.41) is 17.7. The van der Waals surface area contributed by atoms with Crippen LogP contribution in [0.4, 0.5) is 8.78 Å². The number of fused-ring (bicyclic) bond motifs is 1. The molecule has 3 aromatic carbocycles. The van der Waals surface area contributed by atoms with Crippen LogP contribution >= 0.6 is 0 Å². The molecule has 4 rings (SSSR count). The van der Waals surface area contributed by atoms with Gasteiger partial charge in [-0.3, -0.25) is 9.59 Å². The first-order valence-corrected chi connectivity index (χ1v) is 13.9. The van der Waals surface area contributed by atoms with E-state index in [-0.39, 0.29) is 23.9 Å². The zero-order chi connectivity index (χ0) is 28.6.